The van der Waals surface area contributed by atoms with Crippen molar-refractivity contribution >= 4 is 50.9 Å². The molecule has 2 heterocycles. The number of halogens is 1. The molecule has 12 heteroatoms. The Morgan fingerprint density at radius 1 is 1.11 bits per heavy atom. The third-order valence-electron chi connectivity index (χ3n) is 5.77. The van der Waals surface area contributed by atoms with Gasteiger partial charge in [0.25, 0.3) is 0 Å². The van der Waals surface area contributed by atoms with E-state index in [0.717, 1.165) is 21.1 Å². The highest BCUT2D eigenvalue weighted by atomic mass is 35.5. The number of carbonyl (C=O) groups excluding carboxylic acids is 1. The number of benzene rings is 2. The quantitative estimate of drug-likeness (QED) is 0.426. The Labute approximate surface area is 228 Å². The van der Waals surface area contributed by atoms with E-state index in [1.807, 2.05) is 39.0 Å². The molecular formula is C26H31ClN6O4S. The second-order valence-electron chi connectivity index (χ2n) is 10.1. The van der Waals surface area contributed by atoms with Gasteiger partial charge >= 0.3 is 6.09 Å². The van der Waals surface area contributed by atoms with Crippen molar-refractivity contribution in [2.45, 2.75) is 44.2 Å². The van der Waals surface area contributed by atoms with Crippen LogP contribution in [-0.2, 0) is 27.7 Å². The molecule has 0 bridgehead atoms. The fraction of sp³-hybridized carbons (Fsp3) is 0.346. The molecule has 4 rings (SSSR count). The van der Waals surface area contributed by atoms with Crippen molar-refractivity contribution in [3.05, 3.63) is 64.8 Å². The zero-order valence-corrected chi connectivity index (χ0v) is 23.5. The molecule has 1 amide bonds. The first-order chi connectivity index (χ1) is 17.8. The summed E-state index contributed by atoms with van der Waals surface area (Å²) in [6.45, 7) is 6.60. The Balaban J connectivity index is 1.51. The molecule has 0 fully saturated rings. The van der Waals surface area contributed by atoms with Gasteiger partial charge in [0.05, 0.1) is 11.9 Å². The van der Waals surface area contributed by atoms with Gasteiger partial charge in [-0.1, -0.05) is 29.8 Å². The molecule has 202 valence electrons. The predicted molar refractivity (Wildman–Crippen MR) is 148 cm³/mol. The second-order valence-corrected chi connectivity index (χ2v) is 12.6. The zero-order chi connectivity index (χ0) is 27.7. The van der Waals surface area contributed by atoms with Crippen molar-refractivity contribution in [2.24, 2.45) is 0 Å². The lowest BCUT2D eigenvalue weighted by Gasteiger charge is -2.31. The van der Waals surface area contributed by atoms with Crippen LogP contribution in [0.25, 0.3) is 0 Å². The minimum Gasteiger partial charge on any atom is -0.444 e. The van der Waals surface area contributed by atoms with Crippen LogP contribution >= 0.6 is 11.6 Å². The Kier molecular flexibility index (Phi) is 7.82. The summed E-state index contributed by atoms with van der Waals surface area (Å²) in [5, 5.41) is 6.45. The number of amides is 1. The molecular weight excluding hydrogens is 528 g/mol. The molecule has 0 aliphatic carbocycles. The van der Waals surface area contributed by atoms with Gasteiger partial charge in [0, 0.05) is 32.9 Å². The number of nitrogens with zero attached hydrogens (tertiary/aromatic N) is 4. The molecule has 0 saturated carbocycles. The molecule has 0 unspecified atom stereocenters. The summed E-state index contributed by atoms with van der Waals surface area (Å²) in [5.41, 5.74) is 2.74. The van der Waals surface area contributed by atoms with Crippen molar-refractivity contribution in [3.63, 3.8) is 0 Å². The van der Waals surface area contributed by atoms with E-state index in [1.165, 1.54) is 26.4 Å². The van der Waals surface area contributed by atoms with Crippen molar-refractivity contribution in [1.82, 2.24) is 19.2 Å². The molecule has 3 aromatic rings. The number of ether oxygens (including phenoxy) is 1. The Bertz CT molecular complexity index is 1460. The molecule has 2 N–H and O–H groups in total. The van der Waals surface area contributed by atoms with Gasteiger partial charge < -0.3 is 20.3 Å². The third-order valence-corrected chi connectivity index (χ3v) is 7.92. The maximum atomic E-state index is 12.8. The molecule has 10 nitrogen and oxygen atoms in total. The predicted octanol–water partition coefficient (Wildman–Crippen LogP) is 5.16. The van der Waals surface area contributed by atoms with E-state index in [9.17, 15) is 13.2 Å². The van der Waals surface area contributed by atoms with E-state index in [0.29, 0.717) is 25.2 Å². The van der Waals surface area contributed by atoms with Crippen molar-refractivity contribution < 1.29 is 17.9 Å². The minimum absolute atomic E-state index is 0.101. The highest BCUT2D eigenvalue weighted by Crippen LogP contribution is 2.30. The van der Waals surface area contributed by atoms with Gasteiger partial charge in [-0.25, -0.2) is 22.5 Å². The average Bonchev–Trinajstić information content (AvgIpc) is 2.85. The average molecular weight is 559 g/mol. The molecule has 1 aromatic heterocycles. The van der Waals surface area contributed by atoms with Crippen LogP contribution in [0.5, 0.6) is 0 Å². The first-order valence-corrected chi connectivity index (χ1v) is 13.8. The summed E-state index contributed by atoms with van der Waals surface area (Å²) in [7, 11) is -0.747. The van der Waals surface area contributed by atoms with Gasteiger partial charge in [-0.3, -0.25) is 0 Å². The van der Waals surface area contributed by atoms with Gasteiger partial charge in [0.15, 0.2) is 5.82 Å². The Hall–Kier alpha value is -3.41. The number of sulfonamides is 1. The van der Waals surface area contributed by atoms with Crippen LogP contribution in [-0.4, -0.2) is 59.9 Å². The summed E-state index contributed by atoms with van der Waals surface area (Å²) < 4.78 is 32.1. The summed E-state index contributed by atoms with van der Waals surface area (Å²) in [6.07, 6.45) is 1.81. The molecule has 38 heavy (non-hydrogen) atoms. The lowest BCUT2D eigenvalue weighted by atomic mass is 9.99. The van der Waals surface area contributed by atoms with Gasteiger partial charge in [0.2, 0.25) is 16.0 Å². The van der Waals surface area contributed by atoms with Gasteiger partial charge in [-0.15, -0.1) is 0 Å². The largest absolute Gasteiger partial charge is 0.444 e. The topological polar surface area (TPSA) is 117 Å². The van der Waals surface area contributed by atoms with Crippen LogP contribution in [0.4, 0.5) is 27.9 Å². The van der Waals surface area contributed by atoms with E-state index in [2.05, 4.69) is 20.6 Å². The van der Waals surface area contributed by atoms with E-state index in [1.54, 1.807) is 23.1 Å². The summed E-state index contributed by atoms with van der Waals surface area (Å²) in [5.74, 6) is 0.549. The second kappa shape index (κ2) is 10.8. The van der Waals surface area contributed by atoms with Crippen LogP contribution in [0.3, 0.4) is 0 Å². The first kappa shape index (κ1) is 27.6. The number of carbonyl (C=O) groups is 1. The van der Waals surface area contributed by atoms with Gasteiger partial charge in [-0.05, 0) is 62.6 Å². The lowest BCUT2D eigenvalue weighted by Crippen LogP contribution is -2.39. The maximum Gasteiger partial charge on any atom is 0.410 e. The highest BCUT2D eigenvalue weighted by molar-refractivity contribution is 7.89. The van der Waals surface area contributed by atoms with Gasteiger partial charge in [-0.2, -0.15) is 4.98 Å². The van der Waals surface area contributed by atoms with E-state index >= 15 is 0 Å². The minimum atomic E-state index is -3.69. The van der Waals surface area contributed by atoms with Crippen LogP contribution in [0.1, 0.15) is 31.9 Å². The molecule has 0 spiro atoms. The number of rotatable bonds is 6. The van der Waals surface area contributed by atoms with E-state index in [-0.39, 0.29) is 27.8 Å². The van der Waals surface area contributed by atoms with Crippen LogP contribution in [0.15, 0.2) is 53.6 Å². The first-order valence-electron chi connectivity index (χ1n) is 12.0. The van der Waals surface area contributed by atoms with Crippen LogP contribution in [0.2, 0.25) is 5.02 Å². The molecule has 0 atom stereocenters. The molecule has 0 radical (unpaired) electrons. The van der Waals surface area contributed by atoms with E-state index < -0.39 is 15.6 Å². The van der Waals surface area contributed by atoms with Crippen LogP contribution < -0.4 is 10.6 Å². The lowest BCUT2D eigenvalue weighted by molar-refractivity contribution is 0.0224. The smallest absolute Gasteiger partial charge is 0.410 e. The fourth-order valence-corrected chi connectivity index (χ4v) is 5.06. The summed E-state index contributed by atoms with van der Waals surface area (Å²) >= 11 is 6.33. The zero-order valence-electron chi connectivity index (χ0n) is 21.9. The number of hydrogen-bond donors (Lipinski definition) is 2. The van der Waals surface area contributed by atoms with Gasteiger partial charge in [0.1, 0.15) is 15.5 Å². The third kappa shape index (κ3) is 6.35. The normalized spacial score (nSPS) is 13.7. The fourth-order valence-electron chi connectivity index (χ4n) is 3.88. The number of para-hydroxylation sites is 1. The molecule has 2 aromatic carbocycles. The molecule has 0 saturated heterocycles. The number of anilines is 4. The standard InChI is InChI=1S/C26H31ClN6O4S/c1-26(2,3)37-25(34)33-13-12-17-14-19(11-10-18(17)16-33)29-24-28-15-20(27)23(31-24)30-21-8-6-7-9-22(21)38(35,36)32(4)5/h6-11,14-15H,12-13,16H2,1-5H3,(H2,28,29,30,31). The highest BCUT2D eigenvalue weighted by Gasteiger charge is 2.26. The maximum absolute atomic E-state index is 12.8. The number of aromatic nitrogens is 2. The molecule has 1 aliphatic rings. The summed E-state index contributed by atoms with van der Waals surface area (Å²) in [6, 6.07) is 12.4. The number of hydrogen-bond acceptors (Lipinski definition) is 8. The number of nitrogens with one attached hydrogen (secondary N) is 2. The Morgan fingerprint density at radius 3 is 2.55 bits per heavy atom. The SMILES string of the molecule is CN(C)S(=O)(=O)c1ccccc1Nc1nc(Nc2ccc3c(c2)CCN(C(=O)OC(C)(C)C)C3)ncc1Cl. The molecule has 1 aliphatic heterocycles. The number of fused-ring (bicyclic) bond motifs is 1. The Morgan fingerprint density at radius 2 is 1.84 bits per heavy atom. The summed E-state index contributed by atoms with van der Waals surface area (Å²) in [4.78, 5) is 23.0. The monoisotopic (exact) mass is 558 g/mol. The van der Waals surface area contributed by atoms with Crippen molar-refractivity contribution in [3.8, 4) is 0 Å². The van der Waals surface area contributed by atoms with Crippen molar-refractivity contribution in [2.75, 3.05) is 31.3 Å². The van der Waals surface area contributed by atoms with E-state index in [4.69, 9.17) is 16.3 Å². The van der Waals surface area contributed by atoms with Crippen LogP contribution in [0, 0.1) is 0 Å². The van der Waals surface area contributed by atoms with Crippen molar-refractivity contribution in [1.29, 1.82) is 0 Å².